The first-order valence-electron chi connectivity index (χ1n) is 9.62. The van der Waals surface area contributed by atoms with Crippen molar-refractivity contribution in [1.29, 1.82) is 0 Å². The van der Waals surface area contributed by atoms with E-state index in [-0.39, 0.29) is 12.1 Å². The third-order valence-electron chi connectivity index (χ3n) is 4.74. The molecule has 2 rings (SSSR count). The quantitative estimate of drug-likeness (QED) is 0.526. The van der Waals surface area contributed by atoms with E-state index in [1.54, 1.807) is 20.8 Å². The Morgan fingerprint density at radius 2 is 1.39 bits per heavy atom. The van der Waals surface area contributed by atoms with E-state index in [1.807, 2.05) is 0 Å². The molecule has 1 aliphatic carbocycles. The molecule has 5 nitrogen and oxygen atoms in total. The van der Waals surface area contributed by atoms with Crippen LogP contribution >= 0.6 is 0 Å². The normalized spacial score (nSPS) is 21.5. The minimum atomic E-state index is -5.01. The lowest BCUT2D eigenvalue weighted by molar-refractivity contribution is -0.143. The molecule has 0 heterocycles. The Morgan fingerprint density at radius 1 is 0.903 bits per heavy atom. The monoisotopic (exact) mass is 473 g/mol. The number of hydrogen-bond acceptors (Lipinski definition) is 2. The molecule has 0 saturated heterocycles. The van der Waals surface area contributed by atoms with Crippen molar-refractivity contribution in [3.63, 3.8) is 0 Å². The van der Waals surface area contributed by atoms with E-state index in [9.17, 15) is 35.3 Å². The summed E-state index contributed by atoms with van der Waals surface area (Å²) in [6, 6.07) is -0.876. The zero-order valence-electron chi connectivity index (χ0n) is 17.2. The average Bonchev–Trinajstić information content (AvgIpc) is 2.60. The lowest BCUT2D eigenvalue weighted by Gasteiger charge is -2.34. The Kier molecular flexibility index (Phi) is 7.68. The summed E-state index contributed by atoms with van der Waals surface area (Å²) in [5.41, 5.74) is -3.66. The van der Waals surface area contributed by atoms with Crippen molar-refractivity contribution in [3.8, 4) is 0 Å². The van der Waals surface area contributed by atoms with Crippen LogP contribution in [-0.2, 0) is 23.3 Å². The van der Waals surface area contributed by atoms with E-state index in [2.05, 4.69) is 15.4 Å². The van der Waals surface area contributed by atoms with Gasteiger partial charge < -0.3 is 10.6 Å². The number of halogens is 6. The second kappa shape index (κ2) is 9.35. The fraction of sp³-hybridized carbons (Fsp3) is 0.632. The first-order valence-corrected chi connectivity index (χ1v) is 10.8. The molecule has 3 N–H and O–H groups in total. The maximum Gasteiger partial charge on any atom is 0.416 e. The Bertz CT molecular complexity index is 788. The van der Waals surface area contributed by atoms with Gasteiger partial charge in [-0.3, -0.25) is 0 Å². The molecule has 31 heavy (non-hydrogen) atoms. The van der Waals surface area contributed by atoms with Gasteiger partial charge in [-0.05, 0) is 51.8 Å². The number of nitrogens with one attached hydrogen (secondary N) is 3. The van der Waals surface area contributed by atoms with Crippen molar-refractivity contribution in [2.45, 2.75) is 75.6 Å². The number of anilines is 1. The van der Waals surface area contributed by atoms with Crippen molar-refractivity contribution >= 4 is 22.7 Å². The van der Waals surface area contributed by atoms with Gasteiger partial charge in [0, 0.05) is 17.8 Å². The van der Waals surface area contributed by atoms with Gasteiger partial charge in [-0.1, -0.05) is 12.8 Å². The molecule has 0 bridgehead atoms. The number of carbonyl (C=O) groups is 1. The summed E-state index contributed by atoms with van der Waals surface area (Å²) in [6.07, 6.45) is -7.26. The summed E-state index contributed by atoms with van der Waals surface area (Å²) in [6.45, 7) is 5.33. The minimum Gasteiger partial charge on any atom is -0.334 e. The molecule has 0 aromatic heterocycles. The van der Waals surface area contributed by atoms with E-state index in [1.165, 1.54) is 0 Å². The molecular formula is C19H25F6N3O2S. The molecule has 2 amide bonds. The van der Waals surface area contributed by atoms with Gasteiger partial charge in [-0.2, -0.15) is 26.3 Å². The SMILES string of the molecule is CC(C)(C)S(=O)N[C@@H]1CCCC[C@H]1NC(=O)Nc1cc(C(F)(F)F)cc(C(F)(F)F)c1. The van der Waals surface area contributed by atoms with E-state index >= 15 is 0 Å². The molecule has 1 saturated carbocycles. The zero-order valence-corrected chi connectivity index (χ0v) is 18.0. The highest BCUT2D eigenvalue weighted by Gasteiger charge is 2.37. The molecule has 176 valence electrons. The Morgan fingerprint density at radius 3 is 1.84 bits per heavy atom. The van der Waals surface area contributed by atoms with Crippen LogP contribution in [0.1, 0.15) is 57.6 Å². The van der Waals surface area contributed by atoms with Crippen LogP contribution in [0.2, 0.25) is 0 Å². The number of carbonyl (C=O) groups excluding carboxylic acids is 1. The van der Waals surface area contributed by atoms with Gasteiger partial charge in [0.2, 0.25) is 0 Å². The standard InChI is InChI=1S/C19H25F6N3O2S/c1-17(2,3)31(30)28-15-7-5-4-6-14(15)27-16(29)26-13-9-11(18(20,21)22)8-12(10-13)19(23,24)25/h8-10,14-15,28H,4-7H2,1-3H3,(H2,26,27,29)/t14-,15-,31?/m1/s1. The van der Waals surface area contributed by atoms with E-state index in [4.69, 9.17) is 0 Å². The van der Waals surface area contributed by atoms with Crippen LogP contribution < -0.4 is 15.4 Å². The lowest BCUT2D eigenvalue weighted by atomic mass is 9.91. The van der Waals surface area contributed by atoms with E-state index < -0.39 is 57.0 Å². The van der Waals surface area contributed by atoms with Crippen molar-refractivity contribution in [2.24, 2.45) is 0 Å². The summed E-state index contributed by atoms with van der Waals surface area (Å²) < 4.78 is 92.7. The summed E-state index contributed by atoms with van der Waals surface area (Å²) in [5.74, 6) is 0. The molecule has 1 aromatic carbocycles. The molecule has 0 aliphatic heterocycles. The molecule has 0 radical (unpaired) electrons. The summed E-state index contributed by atoms with van der Waals surface area (Å²) >= 11 is 0. The van der Waals surface area contributed by atoms with Crippen LogP contribution in [0.5, 0.6) is 0 Å². The van der Waals surface area contributed by atoms with Gasteiger partial charge in [-0.25, -0.2) is 13.7 Å². The Hall–Kier alpha value is -1.82. The summed E-state index contributed by atoms with van der Waals surface area (Å²) in [5, 5.41) is 4.65. The van der Waals surface area contributed by atoms with Gasteiger partial charge in [-0.15, -0.1) is 0 Å². The number of amides is 2. The van der Waals surface area contributed by atoms with Crippen molar-refractivity contribution in [1.82, 2.24) is 10.0 Å². The fourth-order valence-electron chi connectivity index (χ4n) is 3.12. The van der Waals surface area contributed by atoms with Crippen molar-refractivity contribution < 1.29 is 35.3 Å². The van der Waals surface area contributed by atoms with E-state index in [0.29, 0.717) is 25.0 Å². The minimum absolute atomic E-state index is 0.00795. The van der Waals surface area contributed by atoms with Crippen molar-refractivity contribution in [3.05, 3.63) is 29.3 Å². The van der Waals surface area contributed by atoms with E-state index in [0.717, 1.165) is 12.8 Å². The maximum absolute atomic E-state index is 13.0. The van der Waals surface area contributed by atoms with Gasteiger partial charge in [0.05, 0.1) is 26.9 Å². The number of rotatable bonds is 4. The topological polar surface area (TPSA) is 70.2 Å². The van der Waals surface area contributed by atoms with Gasteiger partial charge in [0.1, 0.15) is 0 Å². The molecule has 12 heteroatoms. The molecule has 1 aromatic rings. The molecule has 1 fully saturated rings. The smallest absolute Gasteiger partial charge is 0.334 e. The van der Waals surface area contributed by atoms with Crippen LogP contribution in [0, 0.1) is 0 Å². The molecule has 1 unspecified atom stereocenters. The first kappa shape index (κ1) is 25.4. The highest BCUT2D eigenvalue weighted by Crippen LogP contribution is 2.37. The molecular weight excluding hydrogens is 448 g/mol. The highest BCUT2D eigenvalue weighted by molar-refractivity contribution is 7.84. The second-order valence-electron chi connectivity index (χ2n) is 8.39. The predicted molar refractivity (Wildman–Crippen MR) is 106 cm³/mol. The fourth-order valence-corrected chi connectivity index (χ4v) is 4.03. The van der Waals surface area contributed by atoms with Crippen LogP contribution in [0.4, 0.5) is 36.8 Å². The molecule has 1 aliphatic rings. The number of benzene rings is 1. The van der Waals surface area contributed by atoms with Crippen molar-refractivity contribution in [2.75, 3.05) is 5.32 Å². The van der Waals surface area contributed by atoms with Crippen LogP contribution in [0.25, 0.3) is 0 Å². The second-order valence-corrected chi connectivity index (χ2v) is 10.4. The number of hydrogen-bond donors (Lipinski definition) is 3. The largest absolute Gasteiger partial charge is 0.416 e. The molecule has 0 spiro atoms. The Balaban J connectivity index is 2.16. The zero-order chi connectivity index (χ0) is 23.6. The average molecular weight is 473 g/mol. The first-order chi connectivity index (χ1) is 14.1. The third kappa shape index (κ3) is 7.37. The van der Waals surface area contributed by atoms with Gasteiger partial charge >= 0.3 is 18.4 Å². The molecule has 3 atom stereocenters. The van der Waals surface area contributed by atoms with Crippen LogP contribution in [0.15, 0.2) is 18.2 Å². The Labute approximate surface area is 178 Å². The van der Waals surface area contributed by atoms with Gasteiger partial charge in [0.15, 0.2) is 0 Å². The summed E-state index contributed by atoms with van der Waals surface area (Å²) in [4.78, 5) is 12.3. The third-order valence-corrected chi connectivity index (χ3v) is 6.37. The maximum atomic E-state index is 13.0. The number of urea groups is 1. The predicted octanol–water partition coefficient (Wildman–Crippen LogP) is 5.21. The van der Waals surface area contributed by atoms with Crippen LogP contribution in [-0.4, -0.2) is 27.1 Å². The lowest BCUT2D eigenvalue weighted by Crippen LogP contribution is -2.54. The van der Waals surface area contributed by atoms with Gasteiger partial charge in [0.25, 0.3) is 0 Å². The van der Waals surface area contributed by atoms with Crippen LogP contribution in [0.3, 0.4) is 0 Å². The number of alkyl halides is 6. The summed E-state index contributed by atoms with van der Waals surface area (Å²) in [7, 11) is -1.41. The highest BCUT2D eigenvalue weighted by atomic mass is 32.2.